The third-order valence-electron chi connectivity index (χ3n) is 5.15. The summed E-state index contributed by atoms with van der Waals surface area (Å²) in [6.45, 7) is 5.70. The van der Waals surface area contributed by atoms with Crippen molar-refractivity contribution in [3.8, 4) is 5.75 Å². The van der Waals surface area contributed by atoms with E-state index in [4.69, 9.17) is 17.0 Å². The summed E-state index contributed by atoms with van der Waals surface area (Å²) in [6, 6.07) is 12.3. The molecule has 0 spiro atoms. The zero-order chi connectivity index (χ0) is 21.8. The zero-order valence-electron chi connectivity index (χ0n) is 17.3. The highest BCUT2D eigenvalue weighted by Gasteiger charge is 2.21. The van der Waals surface area contributed by atoms with Crippen LogP contribution in [-0.2, 0) is 0 Å². The minimum absolute atomic E-state index is 0.224. The Hall–Kier alpha value is -2.33. The first kappa shape index (κ1) is 21.9. The number of aliphatic hydroxyl groups excluding tert-OH is 1. The summed E-state index contributed by atoms with van der Waals surface area (Å²) < 4.78 is 20.7. The van der Waals surface area contributed by atoms with Crippen LogP contribution in [0.5, 0.6) is 5.75 Å². The maximum absolute atomic E-state index is 13.8. The molecule has 1 fully saturated rings. The summed E-state index contributed by atoms with van der Waals surface area (Å²) in [7, 11) is 0. The van der Waals surface area contributed by atoms with Gasteiger partial charge in [0.25, 0.3) is 0 Å². The molecule has 1 aromatic heterocycles. The minimum atomic E-state index is -0.595. The van der Waals surface area contributed by atoms with E-state index in [2.05, 4.69) is 15.2 Å². The van der Waals surface area contributed by atoms with Crippen LogP contribution < -0.4 is 10.1 Å². The van der Waals surface area contributed by atoms with E-state index in [9.17, 15) is 9.50 Å². The Bertz CT molecular complexity index is 1050. The van der Waals surface area contributed by atoms with E-state index in [0.717, 1.165) is 28.3 Å². The van der Waals surface area contributed by atoms with E-state index in [1.54, 1.807) is 29.5 Å². The van der Waals surface area contributed by atoms with Gasteiger partial charge in [-0.15, -0.1) is 11.3 Å². The molecule has 0 aliphatic carbocycles. The molecule has 0 amide bonds. The first-order valence-corrected chi connectivity index (χ1v) is 11.4. The Labute approximate surface area is 190 Å². The number of thiocarbonyl (C=S) groups is 1. The van der Waals surface area contributed by atoms with Gasteiger partial charge < -0.3 is 20.1 Å². The lowest BCUT2D eigenvalue weighted by Gasteiger charge is -2.36. The first-order chi connectivity index (χ1) is 15.0. The highest BCUT2D eigenvalue weighted by molar-refractivity contribution is 7.80. The van der Waals surface area contributed by atoms with Gasteiger partial charge in [0.1, 0.15) is 24.3 Å². The number of β-amino-alcohol motifs (C(OH)–C–C–N with tert-alkyl or cyclic N) is 1. The van der Waals surface area contributed by atoms with Gasteiger partial charge in [0.15, 0.2) is 5.11 Å². The third-order valence-corrected chi connectivity index (χ3v) is 6.46. The predicted octanol–water partition coefficient (Wildman–Crippen LogP) is 3.50. The fraction of sp³-hybridized carbons (Fsp3) is 0.364. The van der Waals surface area contributed by atoms with Crippen molar-refractivity contribution in [1.29, 1.82) is 0 Å². The van der Waals surface area contributed by atoms with E-state index < -0.39 is 6.10 Å². The molecule has 2 N–H and O–H groups in total. The molecular weight excluding hydrogens is 435 g/mol. The summed E-state index contributed by atoms with van der Waals surface area (Å²) in [5, 5.41) is 14.9. The molecule has 31 heavy (non-hydrogen) atoms. The van der Waals surface area contributed by atoms with Gasteiger partial charge in [0.2, 0.25) is 0 Å². The monoisotopic (exact) mass is 460 g/mol. The van der Waals surface area contributed by atoms with Crippen molar-refractivity contribution in [2.75, 3.05) is 44.6 Å². The quantitative estimate of drug-likeness (QED) is 0.546. The van der Waals surface area contributed by atoms with Gasteiger partial charge >= 0.3 is 0 Å². The summed E-state index contributed by atoms with van der Waals surface area (Å²) in [6.07, 6.45) is -0.595. The number of rotatable bonds is 6. The van der Waals surface area contributed by atoms with Crippen molar-refractivity contribution >= 4 is 44.6 Å². The van der Waals surface area contributed by atoms with Crippen LogP contribution in [0, 0.1) is 12.7 Å². The zero-order valence-corrected chi connectivity index (χ0v) is 18.9. The smallest absolute Gasteiger partial charge is 0.173 e. The standard InChI is InChI=1S/C22H25FN4O2S2/c1-15-24-20-12-17(6-7-21(20)31-15)29-14-16(28)13-26-8-10-27(11-9-26)22(30)25-19-5-3-2-4-18(19)23/h2-7,12,16,28H,8-11,13-14H2,1H3,(H,25,30). The lowest BCUT2D eigenvalue weighted by Crippen LogP contribution is -2.51. The van der Waals surface area contributed by atoms with Crippen LogP contribution >= 0.6 is 23.6 Å². The van der Waals surface area contributed by atoms with Crippen LogP contribution in [0.4, 0.5) is 10.1 Å². The number of benzene rings is 2. The number of nitrogens with one attached hydrogen (secondary N) is 1. The largest absolute Gasteiger partial charge is 0.491 e. The third kappa shape index (κ3) is 5.68. The predicted molar refractivity (Wildman–Crippen MR) is 126 cm³/mol. The SMILES string of the molecule is Cc1nc2cc(OCC(O)CN3CCN(C(=S)Nc4ccccc4F)CC3)ccc2s1. The van der Waals surface area contributed by atoms with Crippen LogP contribution in [0.1, 0.15) is 5.01 Å². The average molecular weight is 461 g/mol. The molecule has 2 heterocycles. The number of para-hydroxylation sites is 1. The number of halogens is 1. The number of fused-ring (bicyclic) bond motifs is 1. The van der Waals surface area contributed by atoms with E-state index >= 15 is 0 Å². The van der Waals surface area contributed by atoms with Gasteiger partial charge in [-0.3, -0.25) is 4.90 Å². The number of hydrogen-bond donors (Lipinski definition) is 2. The van der Waals surface area contributed by atoms with Gasteiger partial charge in [-0.05, 0) is 43.4 Å². The number of aromatic nitrogens is 1. The molecule has 1 atom stereocenters. The van der Waals surface area contributed by atoms with Crippen molar-refractivity contribution in [3.05, 3.63) is 53.3 Å². The van der Waals surface area contributed by atoms with Crippen molar-refractivity contribution < 1.29 is 14.2 Å². The number of ether oxygens (including phenoxy) is 1. The number of anilines is 1. The fourth-order valence-electron chi connectivity index (χ4n) is 3.55. The Morgan fingerprint density at radius 3 is 2.81 bits per heavy atom. The van der Waals surface area contributed by atoms with Crippen LogP contribution in [0.3, 0.4) is 0 Å². The Morgan fingerprint density at radius 2 is 2.03 bits per heavy atom. The average Bonchev–Trinajstić information content (AvgIpc) is 3.13. The van der Waals surface area contributed by atoms with Crippen LogP contribution in [-0.4, -0.2) is 70.4 Å². The van der Waals surface area contributed by atoms with Crippen molar-refractivity contribution in [2.24, 2.45) is 0 Å². The Kier molecular flexibility index (Phi) is 6.96. The molecule has 9 heteroatoms. The summed E-state index contributed by atoms with van der Waals surface area (Å²) >= 11 is 7.08. The lowest BCUT2D eigenvalue weighted by molar-refractivity contribution is 0.0559. The van der Waals surface area contributed by atoms with E-state index in [-0.39, 0.29) is 12.4 Å². The molecule has 2 aromatic carbocycles. The normalized spacial score (nSPS) is 15.8. The molecule has 0 radical (unpaired) electrons. The topological polar surface area (TPSA) is 60.9 Å². The van der Waals surface area contributed by atoms with Gasteiger partial charge in [-0.1, -0.05) is 12.1 Å². The Morgan fingerprint density at radius 1 is 1.26 bits per heavy atom. The number of aryl methyl sites for hydroxylation is 1. The van der Waals surface area contributed by atoms with Crippen molar-refractivity contribution in [2.45, 2.75) is 13.0 Å². The summed E-state index contributed by atoms with van der Waals surface area (Å²) in [4.78, 5) is 8.68. The lowest BCUT2D eigenvalue weighted by atomic mass is 10.2. The minimum Gasteiger partial charge on any atom is -0.491 e. The number of aliphatic hydroxyl groups is 1. The summed E-state index contributed by atoms with van der Waals surface area (Å²) in [5.74, 6) is 0.391. The molecule has 1 unspecified atom stereocenters. The molecular formula is C22H25FN4O2S2. The number of nitrogens with zero attached hydrogens (tertiary/aromatic N) is 3. The van der Waals surface area contributed by atoms with Gasteiger partial charge in [0.05, 0.1) is 20.9 Å². The van der Waals surface area contributed by atoms with Crippen LogP contribution in [0.15, 0.2) is 42.5 Å². The van der Waals surface area contributed by atoms with Gasteiger partial charge in [-0.2, -0.15) is 0 Å². The maximum atomic E-state index is 13.8. The van der Waals surface area contributed by atoms with Crippen LogP contribution in [0.25, 0.3) is 10.2 Å². The second kappa shape index (κ2) is 9.86. The van der Waals surface area contributed by atoms with Crippen LogP contribution in [0.2, 0.25) is 0 Å². The molecule has 1 aliphatic rings. The first-order valence-electron chi connectivity index (χ1n) is 10.2. The Balaban J connectivity index is 1.21. The summed E-state index contributed by atoms with van der Waals surface area (Å²) in [5.41, 5.74) is 1.30. The molecule has 0 bridgehead atoms. The second-order valence-corrected chi connectivity index (χ2v) is 9.15. The molecule has 4 rings (SSSR count). The van der Waals surface area contributed by atoms with Gasteiger partial charge in [0, 0.05) is 38.8 Å². The highest BCUT2D eigenvalue weighted by atomic mass is 32.1. The highest BCUT2D eigenvalue weighted by Crippen LogP contribution is 2.25. The van der Waals surface area contributed by atoms with E-state index in [1.807, 2.05) is 30.0 Å². The molecule has 0 saturated carbocycles. The molecule has 1 saturated heterocycles. The number of thiazole rings is 1. The van der Waals surface area contributed by atoms with E-state index in [1.165, 1.54) is 6.07 Å². The second-order valence-electron chi connectivity index (χ2n) is 7.52. The molecule has 3 aromatic rings. The van der Waals surface area contributed by atoms with Gasteiger partial charge in [-0.25, -0.2) is 9.37 Å². The fourth-order valence-corrected chi connectivity index (χ4v) is 4.65. The molecule has 6 nitrogen and oxygen atoms in total. The van der Waals surface area contributed by atoms with E-state index in [0.29, 0.717) is 36.2 Å². The molecule has 1 aliphatic heterocycles. The maximum Gasteiger partial charge on any atom is 0.173 e. The molecule has 164 valence electrons. The van der Waals surface area contributed by atoms with Crippen molar-refractivity contribution in [3.63, 3.8) is 0 Å². The van der Waals surface area contributed by atoms with Crippen molar-refractivity contribution in [1.82, 2.24) is 14.8 Å². The number of piperazine rings is 1. The number of hydrogen-bond acceptors (Lipinski definition) is 6.